The fourth-order valence-electron chi connectivity index (χ4n) is 1.86. The molecule has 82 valence electrons. The van der Waals surface area contributed by atoms with Crippen LogP contribution in [0.15, 0.2) is 12.5 Å². The molecular weight excluding hydrogens is 214 g/mol. The normalized spacial score (nSPS) is 21.7. The predicted molar refractivity (Wildman–Crippen MR) is 59.3 cm³/mol. The Morgan fingerprint density at radius 1 is 1.60 bits per heavy atom. The summed E-state index contributed by atoms with van der Waals surface area (Å²) >= 11 is 6.04. The van der Waals surface area contributed by atoms with Gasteiger partial charge in [0.2, 0.25) is 0 Å². The SMILES string of the molecule is COC1CCCN(c2ncncc2Cl)C1. The number of anilines is 1. The maximum atomic E-state index is 6.04. The van der Waals surface area contributed by atoms with Gasteiger partial charge in [0.05, 0.1) is 12.3 Å². The van der Waals surface area contributed by atoms with Gasteiger partial charge in [-0.1, -0.05) is 11.6 Å². The molecule has 2 rings (SSSR count). The van der Waals surface area contributed by atoms with Gasteiger partial charge in [-0.2, -0.15) is 0 Å². The lowest BCUT2D eigenvalue weighted by atomic mass is 10.1. The van der Waals surface area contributed by atoms with Gasteiger partial charge in [-0.05, 0) is 12.8 Å². The number of aromatic nitrogens is 2. The Labute approximate surface area is 94.2 Å². The van der Waals surface area contributed by atoms with Crippen molar-refractivity contribution >= 4 is 17.4 Å². The Morgan fingerprint density at radius 2 is 2.47 bits per heavy atom. The summed E-state index contributed by atoms with van der Waals surface area (Å²) in [6, 6.07) is 0. The number of nitrogens with zero attached hydrogens (tertiary/aromatic N) is 3. The fraction of sp³-hybridized carbons (Fsp3) is 0.600. The zero-order valence-electron chi connectivity index (χ0n) is 8.69. The minimum absolute atomic E-state index is 0.282. The molecule has 15 heavy (non-hydrogen) atoms. The number of ether oxygens (including phenoxy) is 1. The van der Waals surface area contributed by atoms with Crippen LogP contribution in [0.25, 0.3) is 0 Å². The topological polar surface area (TPSA) is 38.2 Å². The second-order valence-corrected chi connectivity index (χ2v) is 4.05. The Kier molecular flexibility index (Phi) is 3.38. The van der Waals surface area contributed by atoms with E-state index in [1.54, 1.807) is 13.3 Å². The first kappa shape index (κ1) is 10.6. The van der Waals surface area contributed by atoms with E-state index in [2.05, 4.69) is 14.9 Å². The maximum Gasteiger partial charge on any atom is 0.150 e. The first-order valence-corrected chi connectivity index (χ1v) is 5.42. The summed E-state index contributed by atoms with van der Waals surface area (Å²) in [6.07, 6.45) is 5.65. The lowest BCUT2D eigenvalue weighted by Gasteiger charge is -2.32. The molecule has 4 nitrogen and oxygen atoms in total. The highest BCUT2D eigenvalue weighted by Crippen LogP contribution is 2.25. The summed E-state index contributed by atoms with van der Waals surface area (Å²) in [5.74, 6) is 0.813. The fourth-order valence-corrected chi connectivity index (χ4v) is 2.09. The van der Waals surface area contributed by atoms with Crippen molar-refractivity contribution in [2.45, 2.75) is 18.9 Å². The van der Waals surface area contributed by atoms with Crippen LogP contribution >= 0.6 is 11.6 Å². The van der Waals surface area contributed by atoms with Crippen molar-refractivity contribution in [3.8, 4) is 0 Å². The average molecular weight is 228 g/mol. The number of hydrogen-bond acceptors (Lipinski definition) is 4. The van der Waals surface area contributed by atoms with E-state index in [-0.39, 0.29) is 6.10 Å². The third-order valence-electron chi connectivity index (χ3n) is 2.66. The Morgan fingerprint density at radius 3 is 3.20 bits per heavy atom. The van der Waals surface area contributed by atoms with Crippen LogP contribution in [0, 0.1) is 0 Å². The van der Waals surface area contributed by atoms with E-state index >= 15 is 0 Å². The quantitative estimate of drug-likeness (QED) is 0.772. The standard InChI is InChI=1S/C10H14ClN3O/c1-15-8-3-2-4-14(6-8)10-9(11)5-12-7-13-10/h5,7-8H,2-4,6H2,1H3. The van der Waals surface area contributed by atoms with Gasteiger partial charge in [0.1, 0.15) is 11.3 Å². The zero-order chi connectivity index (χ0) is 10.7. The van der Waals surface area contributed by atoms with E-state index in [0.29, 0.717) is 5.02 Å². The molecule has 0 amide bonds. The van der Waals surface area contributed by atoms with Crippen molar-refractivity contribution in [3.63, 3.8) is 0 Å². The van der Waals surface area contributed by atoms with Crippen LogP contribution in [-0.4, -0.2) is 36.3 Å². The molecule has 2 heterocycles. The molecule has 5 heteroatoms. The summed E-state index contributed by atoms with van der Waals surface area (Å²) in [4.78, 5) is 10.2. The van der Waals surface area contributed by atoms with Gasteiger partial charge < -0.3 is 9.64 Å². The largest absolute Gasteiger partial charge is 0.380 e. The van der Waals surface area contributed by atoms with Crippen molar-refractivity contribution in [2.24, 2.45) is 0 Å². The molecule has 1 aromatic rings. The van der Waals surface area contributed by atoms with Gasteiger partial charge in [-0.25, -0.2) is 9.97 Å². The minimum atomic E-state index is 0.282. The molecule has 1 atom stereocenters. The second kappa shape index (κ2) is 4.77. The molecular formula is C10H14ClN3O. The smallest absolute Gasteiger partial charge is 0.150 e. The molecule has 0 N–H and O–H groups in total. The van der Waals surface area contributed by atoms with E-state index in [1.165, 1.54) is 6.33 Å². The van der Waals surface area contributed by atoms with Crippen LogP contribution in [0.2, 0.25) is 5.02 Å². The van der Waals surface area contributed by atoms with E-state index in [0.717, 1.165) is 31.7 Å². The second-order valence-electron chi connectivity index (χ2n) is 3.64. The van der Waals surface area contributed by atoms with Gasteiger partial charge >= 0.3 is 0 Å². The van der Waals surface area contributed by atoms with E-state index < -0.39 is 0 Å². The van der Waals surface area contributed by atoms with Gasteiger partial charge in [0.25, 0.3) is 0 Å². The number of methoxy groups -OCH3 is 1. The highest BCUT2D eigenvalue weighted by molar-refractivity contribution is 6.32. The zero-order valence-corrected chi connectivity index (χ0v) is 9.44. The van der Waals surface area contributed by atoms with Crippen molar-refractivity contribution < 1.29 is 4.74 Å². The molecule has 0 spiro atoms. The van der Waals surface area contributed by atoms with Gasteiger partial charge in [-0.15, -0.1) is 0 Å². The third-order valence-corrected chi connectivity index (χ3v) is 2.93. The van der Waals surface area contributed by atoms with Gasteiger partial charge in [-0.3, -0.25) is 0 Å². The maximum absolute atomic E-state index is 6.04. The Bertz CT molecular complexity index is 334. The van der Waals surface area contributed by atoms with Crippen molar-refractivity contribution in [1.82, 2.24) is 9.97 Å². The molecule has 1 unspecified atom stereocenters. The van der Waals surface area contributed by atoms with Gasteiger partial charge in [0, 0.05) is 20.2 Å². The molecule has 0 saturated carbocycles. The molecule has 1 aromatic heterocycles. The van der Waals surface area contributed by atoms with E-state index in [9.17, 15) is 0 Å². The summed E-state index contributed by atoms with van der Waals surface area (Å²) < 4.78 is 5.35. The minimum Gasteiger partial charge on any atom is -0.380 e. The first-order chi connectivity index (χ1) is 7.31. The Balaban J connectivity index is 2.13. The first-order valence-electron chi connectivity index (χ1n) is 5.04. The number of piperidine rings is 1. The van der Waals surface area contributed by atoms with Crippen molar-refractivity contribution in [3.05, 3.63) is 17.5 Å². The molecule has 1 aliphatic heterocycles. The molecule has 0 aliphatic carbocycles. The Hall–Kier alpha value is -0.870. The van der Waals surface area contributed by atoms with Crippen LogP contribution in [-0.2, 0) is 4.74 Å². The summed E-state index contributed by atoms with van der Waals surface area (Å²) in [6.45, 7) is 1.84. The van der Waals surface area contributed by atoms with Crippen LogP contribution in [0.4, 0.5) is 5.82 Å². The van der Waals surface area contributed by atoms with Gasteiger partial charge in [0.15, 0.2) is 5.82 Å². The lowest BCUT2D eigenvalue weighted by Crippen LogP contribution is -2.39. The average Bonchev–Trinajstić information content (AvgIpc) is 2.30. The molecule has 1 saturated heterocycles. The highest BCUT2D eigenvalue weighted by Gasteiger charge is 2.21. The summed E-state index contributed by atoms with van der Waals surface area (Å²) in [5.41, 5.74) is 0. The highest BCUT2D eigenvalue weighted by atomic mass is 35.5. The van der Waals surface area contributed by atoms with Crippen LogP contribution in [0.5, 0.6) is 0 Å². The van der Waals surface area contributed by atoms with Crippen LogP contribution in [0.1, 0.15) is 12.8 Å². The summed E-state index contributed by atoms with van der Waals surface area (Å²) in [5, 5.41) is 0.606. The predicted octanol–water partition coefficient (Wildman–Crippen LogP) is 1.75. The monoisotopic (exact) mass is 227 g/mol. The molecule has 1 aliphatic rings. The van der Waals surface area contributed by atoms with Crippen LogP contribution < -0.4 is 4.90 Å². The summed E-state index contributed by atoms with van der Waals surface area (Å²) in [7, 11) is 1.75. The third kappa shape index (κ3) is 2.38. The number of rotatable bonds is 2. The van der Waals surface area contributed by atoms with Crippen molar-refractivity contribution in [2.75, 3.05) is 25.1 Å². The van der Waals surface area contributed by atoms with Crippen molar-refractivity contribution in [1.29, 1.82) is 0 Å². The number of halogens is 1. The molecule has 1 fully saturated rings. The lowest BCUT2D eigenvalue weighted by molar-refractivity contribution is 0.0891. The molecule has 0 radical (unpaired) electrons. The van der Waals surface area contributed by atoms with Crippen LogP contribution in [0.3, 0.4) is 0 Å². The van der Waals surface area contributed by atoms with E-state index in [4.69, 9.17) is 16.3 Å². The van der Waals surface area contributed by atoms with E-state index in [1.807, 2.05) is 0 Å². The molecule has 0 aromatic carbocycles. The number of hydrogen-bond donors (Lipinski definition) is 0. The molecule has 0 bridgehead atoms.